The van der Waals surface area contributed by atoms with Crippen LogP contribution in [0.1, 0.15) is 6.42 Å². The third kappa shape index (κ3) is 3.89. The van der Waals surface area contributed by atoms with Gasteiger partial charge in [0, 0.05) is 41.3 Å². The number of aromatic nitrogens is 5. The van der Waals surface area contributed by atoms with E-state index in [0.717, 1.165) is 22.1 Å². The first-order valence-electron chi connectivity index (χ1n) is 9.70. The predicted molar refractivity (Wildman–Crippen MR) is 132 cm³/mol. The Morgan fingerprint density at radius 2 is 2.19 bits per heavy atom. The van der Waals surface area contributed by atoms with E-state index in [4.69, 9.17) is 11.0 Å². The van der Waals surface area contributed by atoms with Crippen molar-refractivity contribution in [3.8, 4) is 28.5 Å². The lowest BCUT2D eigenvalue weighted by atomic mass is 10.0. The number of pyridine rings is 3. The Labute approximate surface area is 197 Å². The first-order valence-corrected chi connectivity index (χ1v) is 13.8. The van der Waals surface area contributed by atoms with Gasteiger partial charge in [0.2, 0.25) is 5.91 Å². The first-order chi connectivity index (χ1) is 15.6. The molecule has 1 aliphatic rings. The maximum absolute atomic E-state index is 12.3. The molecule has 2 unspecified atom stereocenters. The number of hydrogen-bond acceptors (Lipinski definition) is 7. The number of amides is 1. The fourth-order valence-corrected chi connectivity index (χ4v) is 4.67. The lowest BCUT2D eigenvalue weighted by molar-refractivity contribution is -0.117. The number of hydrogen-bond donors (Lipinski definition) is 2. The second-order valence-corrected chi connectivity index (χ2v) is 9.50. The molecule has 1 amide bonds. The molecule has 1 fully saturated rings. The number of rotatable bonds is 5. The molecule has 0 aliphatic heterocycles. The Hall–Kier alpha value is -3.16. The van der Waals surface area contributed by atoms with Gasteiger partial charge in [-0.15, -0.1) is 0 Å². The van der Waals surface area contributed by atoms with Gasteiger partial charge < -0.3 is 11.1 Å². The van der Waals surface area contributed by atoms with Crippen LogP contribution in [0.25, 0.3) is 33.2 Å². The molecule has 11 heteroatoms. The fraction of sp³-hybridized carbons (Fsp3) is 0.143. The van der Waals surface area contributed by atoms with Crippen LogP contribution in [-0.4, -0.2) is 30.4 Å². The molecule has 5 rings (SSSR count). The molecule has 4 heterocycles. The number of anilines is 2. The smallest absolute Gasteiger partial charge is 0.230 e. The number of nitriles is 1. The van der Waals surface area contributed by atoms with E-state index >= 15 is 0 Å². The average molecular weight is 554 g/mol. The van der Waals surface area contributed by atoms with Gasteiger partial charge in [0.05, 0.1) is 36.2 Å². The number of carbonyl (C=O) groups excluding carboxylic acids is 1. The zero-order chi connectivity index (χ0) is 22.2. The summed E-state index contributed by atoms with van der Waals surface area (Å²) in [7, 11) is 0. The number of nitrogens with one attached hydrogen (secondary N) is 1. The number of fused-ring (bicyclic) bond motifs is 1. The maximum Gasteiger partial charge on any atom is 0.230 e. The molecule has 3 atom stereocenters. The summed E-state index contributed by atoms with van der Waals surface area (Å²) in [6.07, 6.45) is 9.99. The van der Waals surface area contributed by atoms with Crippen molar-refractivity contribution in [2.24, 2.45) is 11.8 Å². The van der Waals surface area contributed by atoms with Crippen LogP contribution in [0, 0.1) is 23.2 Å². The minimum Gasteiger partial charge on any atom is -0.383 e. The first kappa shape index (κ1) is 20.7. The van der Waals surface area contributed by atoms with Gasteiger partial charge in [0.25, 0.3) is 0 Å². The van der Waals surface area contributed by atoms with Crippen molar-refractivity contribution >= 4 is 56.7 Å². The van der Waals surface area contributed by atoms with Gasteiger partial charge in [-0.3, -0.25) is 9.78 Å². The molecule has 0 radical (unpaired) electrons. The van der Waals surface area contributed by atoms with Crippen LogP contribution in [0.15, 0.2) is 49.2 Å². The second-order valence-electron chi connectivity index (χ2n) is 7.43. The molecule has 4 aromatic rings. The van der Waals surface area contributed by atoms with Crippen molar-refractivity contribution in [2.45, 2.75) is 6.42 Å². The molecule has 1 saturated carbocycles. The Balaban J connectivity index is 1.53. The predicted octanol–water partition coefficient (Wildman–Crippen LogP) is 4.03. The van der Waals surface area contributed by atoms with Crippen molar-refractivity contribution in [2.75, 3.05) is 11.1 Å². The minimum atomic E-state index is -0.266. The standard InChI is InChI=1S/C21H16IN8OP/c22-32-30-10-13(7-27-30)14-1-2-25-8-17(14)18-4-11-5-19(26-9-16(11)20(24)28-18)29-21(31)15-3-12(15)6-23/h1-2,4-5,7-10,12,15,32H,3H2,(H2,24,28)(H,26,29,31)/t12?,15-/m0/s1. The van der Waals surface area contributed by atoms with Crippen molar-refractivity contribution in [3.05, 3.63) is 49.2 Å². The lowest BCUT2D eigenvalue weighted by Gasteiger charge is -2.11. The van der Waals surface area contributed by atoms with Crippen LogP contribution >= 0.6 is 28.4 Å². The SMILES string of the molecule is N#CC1C[C@@H]1C(=O)Nc1cc2cc(-c3cnccc3-c3cnn(PI)c3)nc(N)c2cn1. The Morgan fingerprint density at radius 3 is 2.94 bits per heavy atom. The summed E-state index contributed by atoms with van der Waals surface area (Å²) in [5, 5.41) is 17.6. The van der Waals surface area contributed by atoms with E-state index in [-0.39, 0.29) is 17.7 Å². The lowest BCUT2D eigenvalue weighted by Crippen LogP contribution is -2.15. The van der Waals surface area contributed by atoms with Gasteiger partial charge in [0.15, 0.2) is 0 Å². The van der Waals surface area contributed by atoms with Crippen LogP contribution < -0.4 is 11.1 Å². The molecule has 9 nitrogen and oxygen atoms in total. The van der Waals surface area contributed by atoms with Gasteiger partial charge in [-0.05, 0) is 57.6 Å². The van der Waals surface area contributed by atoms with E-state index in [1.54, 1.807) is 24.7 Å². The number of nitrogens with zero attached hydrogens (tertiary/aromatic N) is 6. The summed E-state index contributed by atoms with van der Waals surface area (Å²) in [5.41, 5.74) is 9.65. The number of carbonyl (C=O) groups is 1. The van der Waals surface area contributed by atoms with Gasteiger partial charge in [0.1, 0.15) is 11.6 Å². The van der Waals surface area contributed by atoms with Crippen molar-refractivity contribution < 1.29 is 4.79 Å². The zero-order valence-electron chi connectivity index (χ0n) is 16.5. The highest BCUT2D eigenvalue weighted by atomic mass is 127. The molecule has 0 spiro atoms. The van der Waals surface area contributed by atoms with Crippen LogP contribution in [0.2, 0.25) is 0 Å². The van der Waals surface area contributed by atoms with Crippen molar-refractivity contribution in [1.82, 2.24) is 24.5 Å². The van der Waals surface area contributed by atoms with Crippen LogP contribution in [0.3, 0.4) is 0 Å². The highest BCUT2D eigenvalue weighted by Gasteiger charge is 2.43. The summed E-state index contributed by atoms with van der Waals surface area (Å²) in [5.74, 6) is 0.0981. The summed E-state index contributed by atoms with van der Waals surface area (Å²) in [6.45, 7) is 0. The molecule has 3 N–H and O–H groups in total. The molecule has 0 saturated heterocycles. The van der Waals surface area contributed by atoms with Gasteiger partial charge in [-0.2, -0.15) is 10.4 Å². The molecule has 32 heavy (non-hydrogen) atoms. The average Bonchev–Trinajstić information content (AvgIpc) is 3.46. The normalized spacial score (nSPS) is 17.5. The van der Waals surface area contributed by atoms with E-state index < -0.39 is 0 Å². The van der Waals surface area contributed by atoms with Crippen molar-refractivity contribution in [3.63, 3.8) is 0 Å². The highest BCUT2D eigenvalue weighted by Crippen LogP contribution is 2.39. The monoisotopic (exact) mass is 554 g/mol. The van der Waals surface area contributed by atoms with Crippen LogP contribution in [0.4, 0.5) is 11.6 Å². The molecule has 0 bridgehead atoms. The Kier molecular flexibility index (Phi) is 5.45. The van der Waals surface area contributed by atoms with Crippen LogP contribution in [0.5, 0.6) is 0 Å². The fourth-order valence-electron chi connectivity index (χ4n) is 3.59. The summed E-state index contributed by atoms with van der Waals surface area (Å²) in [4.78, 5) is 25.5. The molecule has 0 aromatic carbocycles. The topological polar surface area (TPSA) is 135 Å². The summed E-state index contributed by atoms with van der Waals surface area (Å²) < 4.78 is 1.87. The number of nitrogen functional groups attached to an aromatic ring is 1. The van der Waals surface area contributed by atoms with E-state index in [9.17, 15) is 4.79 Å². The summed E-state index contributed by atoms with van der Waals surface area (Å²) >= 11 is 2.28. The largest absolute Gasteiger partial charge is 0.383 e. The van der Waals surface area contributed by atoms with Crippen molar-refractivity contribution in [1.29, 1.82) is 5.26 Å². The number of halogens is 1. The van der Waals surface area contributed by atoms with E-state index in [0.29, 0.717) is 35.5 Å². The molecule has 158 valence electrons. The van der Waals surface area contributed by atoms with E-state index in [2.05, 4.69) is 53.5 Å². The molecular formula is C21H16IN8OP. The molecular weight excluding hydrogens is 538 g/mol. The Morgan fingerprint density at radius 1 is 1.31 bits per heavy atom. The minimum absolute atomic E-state index is 0.187. The summed E-state index contributed by atoms with van der Waals surface area (Å²) in [6, 6.07) is 7.72. The van der Waals surface area contributed by atoms with Gasteiger partial charge in [-0.25, -0.2) is 14.4 Å². The third-order valence-corrected chi connectivity index (χ3v) is 7.27. The zero-order valence-corrected chi connectivity index (χ0v) is 19.7. The van der Waals surface area contributed by atoms with Gasteiger partial charge in [-0.1, -0.05) is 0 Å². The van der Waals surface area contributed by atoms with Crippen LogP contribution in [-0.2, 0) is 4.79 Å². The van der Waals surface area contributed by atoms with E-state index in [1.165, 1.54) is 0 Å². The molecule has 4 aromatic heterocycles. The highest BCUT2D eigenvalue weighted by molar-refractivity contribution is 14.2. The molecule has 1 aliphatic carbocycles. The van der Waals surface area contributed by atoms with Gasteiger partial charge >= 0.3 is 0 Å². The quantitative estimate of drug-likeness (QED) is 0.281. The number of nitrogens with two attached hydrogens (primary N) is 1. The Bertz CT molecular complexity index is 1400. The van der Waals surface area contributed by atoms with E-state index in [1.807, 2.05) is 29.0 Å². The second kappa shape index (κ2) is 8.41. The maximum atomic E-state index is 12.3. The third-order valence-electron chi connectivity index (χ3n) is 5.37.